The Morgan fingerprint density at radius 3 is 2.83 bits per heavy atom. The van der Waals surface area contributed by atoms with Crippen molar-refractivity contribution in [2.75, 3.05) is 5.73 Å². The van der Waals surface area contributed by atoms with Crippen LogP contribution < -0.4 is 11.1 Å². The lowest BCUT2D eigenvalue weighted by molar-refractivity contribution is -0.123. The maximum absolute atomic E-state index is 12.5. The highest BCUT2D eigenvalue weighted by Crippen LogP contribution is 2.31. The van der Waals surface area contributed by atoms with Gasteiger partial charge in [0.2, 0.25) is 5.91 Å². The predicted octanol–water partition coefficient (Wildman–Crippen LogP) is 3.80. The van der Waals surface area contributed by atoms with Gasteiger partial charge in [-0.1, -0.05) is 12.1 Å². The fourth-order valence-electron chi connectivity index (χ4n) is 3.06. The second-order valence-electron chi connectivity index (χ2n) is 5.92. The molecule has 130 valence electrons. The number of hydrogen-bond donors (Lipinski definition) is 2. The fourth-order valence-corrected chi connectivity index (χ4v) is 3.06. The number of benzene rings is 1. The first-order valence-electron chi connectivity index (χ1n) is 7.74. The first-order valence-corrected chi connectivity index (χ1v) is 7.74. The molecule has 0 spiro atoms. The molecule has 1 aromatic carbocycles. The zero-order chi connectivity index (χ0) is 15.5. The van der Waals surface area contributed by atoms with Crippen LogP contribution in [0.5, 0.6) is 0 Å². The van der Waals surface area contributed by atoms with Crippen molar-refractivity contribution in [2.24, 2.45) is 0 Å². The van der Waals surface area contributed by atoms with Crippen LogP contribution in [0.2, 0.25) is 0 Å². The molecule has 1 aliphatic carbocycles. The van der Waals surface area contributed by atoms with Gasteiger partial charge in [-0.05, 0) is 61.1 Å². The summed E-state index contributed by atoms with van der Waals surface area (Å²) in [6.07, 6.45) is 6.55. The SMILES string of the molecule is CC(C(=O)NC1CCCc2cc(N)ccc21)c1cccnc1.Cl.Cl. The largest absolute Gasteiger partial charge is 0.399 e. The summed E-state index contributed by atoms with van der Waals surface area (Å²) in [7, 11) is 0. The second kappa shape index (κ2) is 8.90. The zero-order valence-corrected chi connectivity index (χ0v) is 15.2. The van der Waals surface area contributed by atoms with Crippen LogP contribution in [0.15, 0.2) is 42.7 Å². The van der Waals surface area contributed by atoms with Gasteiger partial charge in [-0.3, -0.25) is 9.78 Å². The maximum Gasteiger partial charge on any atom is 0.227 e. The third-order valence-corrected chi connectivity index (χ3v) is 4.38. The van der Waals surface area contributed by atoms with Crippen molar-refractivity contribution >= 4 is 36.4 Å². The lowest BCUT2D eigenvalue weighted by atomic mass is 9.87. The molecule has 2 atom stereocenters. The van der Waals surface area contributed by atoms with Gasteiger partial charge in [0.15, 0.2) is 0 Å². The van der Waals surface area contributed by atoms with Crippen LogP contribution in [0.25, 0.3) is 0 Å². The van der Waals surface area contributed by atoms with Gasteiger partial charge in [0.05, 0.1) is 12.0 Å². The van der Waals surface area contributed by atoms with E-state index in [-0.39, 0.29) is 42.7 Å². The molecule has 2 aromatic rings. The minimum absolute atomic E-state index is 0. The van der Waals surface area contributed by atoms with Crippen LogP contribution in [0.1, 0.15) is 48.4 Å². The van der Waals surface area contributed by atoms with Gasteiger partial charge in [-0.25, -0.2) is 0 Å². The van der Waals surface area contributed by atoms with Crippen molar-refractivity contribution < 1.29 is 4.79 Å². The van der Waals surface area contributed by atoms with Crippen molar-refractivity contribution in [3.63, 3.8) is 0 Å². The van der Waals surface area contributed by atoms with Crippen LogP contribution in [0, 0.1) is 0 Å². The van der Waals surface area contributed by atoms with E-state index in [0.29, 0.717) is 0 Å². The molecule has 0 aliphatic heterocycles. The van der Waals surface area contributed by atoms with E-state index in [2.05, 4.69) is 10.3 Å². The number of carbonyl (C=O) groups is 1. The van der Waals surface area contributed by atoms with Gasteiger partial charge in [-0.15, -0.1) is 24.8 Å². The predicted molar refractivity (Wildman–Crippen MR) is 102 cm³/mol. The molecule has 1 amide bonds. The Bertz CT molecular complexity index is 679. The van der Waals surface area contributed by atoms with E-state index in [4.69, 9.17) is 5.73 Å². The summed E-state index contributed by atoms with van der Waals surface area (Å²) in [4.78, 5) is 16.6. The summed E-state index contributed by atoms with van der Waals surface area (Å²) >= 11 is 0. The number of fused-ring (bicyclic) bond motifs is 1. The number of amides is 1. The molecule has 1 aromatic heterocycles. The van der Waals surface area contributed by atoms with Gasteiger partial charge in [0, 0.05) is 18.1 Å². The lowest BCUT2D eigenvalue weighted by Gasteiger charge is -2.28. The molecule has 0 saturated carbocycles. The van der Waals surface area contributed by atoms with Gasteiger partial charge in [0.25, 0.3) is 0 Å². The standard InChI is InChI=1S/C18H21N3O.2ClH/c1-12(14-5-3-9-20-11-14)18(22)21-17-6-2-4-13-10-15(19)7-8-16(13)17;;/h3,5,7-12,17H,2,4,6,19H2,1H3,(H,21,22);2*1H. The number of rotatable bonds is 3. The number of aryl methyl sites for hydroxylation is 1. The van der Waals surface area contributed by atoms with Crippen molar-refractivity contribution in [3.8, 4) is 0 Å². The van der Waals surface area contributed by atoms with E-state index < -0.39 is 0 Å². The Kier molecular flexibility index (Phi) is 7.52. The zero-order valence-electron chi connectivity index (χ0n) is 13.6. The topological polar surface area (TPSA) is 68.0 Å². The van der Waals surface area contributed by atoms with E-state index >= 15 is 0 Å². The van der Waals surface area contributed by atoms with Gasteiger partial charge >= 0.3 is 0 Å². The molecule has 4 nitrogen and oxygen atoms in total. The molecule has 0 saturated heterocycles. The average molecular weight is 368 g/mol. The molecule has 1 heterocycles. The van der Waals surface area contributed by atoms with Crippen LogP contribution >= 0.6 is 24.8 Å². The first-order chi connectivity index (χ1) is 10.6. The quantitative estimate of drug-likeness (QED) is 0.810. The molecule has 0 bridgehead atoms. The summed E-state index contributed by atoms with van der Waals surface area (Å²) < 4.78 is 0. The number of carbonyl (C=O) groups excluding carboxylic acids is 1. The molecule has 0 fully saturated rings. The van der Waals surface area contributed by atoms with Gasteiger partial charge < -0.3 is 11.1 Å². The highest BCUT2D eigenvalue weighted by atomic mass is 35.5. The van der Waals surface area contributed by atoms with Crippen molar-refractivity contribution in [3.05, 3.63) is 59.4 Å². The molecule has 1 aliphatic rings. The van der Waals surface area contributed by atoms with E-state index in [1.165, 1.54) is 11.1 Å². The fraction of sp³-hybridized carbons (Fsp3) is 0.333. The number of nitrogen functional groups attached to an aromatic ring is 1. The minimum atomic E-state index is -0.201. The van der Waals surface area contributed by atoms with Crippen LogP contribution in [0.3, 0.4) is 0 Å². The number of hydrogen-bond acceptors (Lipinski definition) is 3. The maximum atomic E-state index is 12.5. The monoisotopic (exact) mass is 367 g/mol. The molecule has 24 heavy (non-hydrogen) atoms. The average Bonchev–Trinajstić information content (AvgIpc) is 2.55. The Morgan fingerprint density at radius 2 is 2.12 bits per heavy atom. The van der Waals surface area contributed by atoms with Crippen LogP contribution in [-0.4, -0.2) is 10.9 Å². The number of nitrogens with one attached hydrogen (secondary N) is 1. The highest BCUT2D eigenvalue weighted by molar-refractivity contribution is 5.85. The molecule has 3 rings (SSSR count). The van der Waals surface area contributed by atoms with Crippen molar-refractivity contribution in [1.29, 1.82) is 0 Å². The summed E-state index contributed by atoms with van der Waals surface area (Å²) in [5.41, 5.74) is 10.0. The van der Waals surface area contributed by atoms with E-state index in [1.54, 1.807) is 12.4 Å². The Labute approximate surface area is 155 Å². The van der Waals surface area contributed by atoms with Gasteiger partial charge in [-0.2, -0.15) is 0 Å². The summed E-state index contributed by atoms with van der Waals surface area (Å²) in [5, 5.41) is 3.19. The van der Waals surface area contributed by atoms with Crippen LogP contribution in [0.4, 0.5) is 5.69 Å². The Hall–Kier alpha value is -1.78. The van der Waals surface area contributed by atoms with Crippen LogP contribution in [-0.2, 0) is 11.2 Å². The summed E-state index contributed by atoms with van der Waals surface area (Å²) in [6.45, 7) is 1.92. The molecule has 2 unspecified atom stereocenters. The number of aromatic nitrogens is 1. The smallest absolute Gasteiger partial charge is 0.227 e. The molecule has 6 heteroatoms. The summed E-state index contributed by atoms with van der Waals surface area (Å²) in [5.74, 6) is -0.157. The normalized spacial score (nSPS) is 16.8. The van der Waals surface area contributed by atoms with E-state index in [9.17, 15) is 4.79 Å². The molecule has 3 N–H and O–H groups in total. The number of pyridine rings is 1. The molecular weight excluding hydrogens is 345 g/mol. The van der Waals surface area contributed by atoms with Crippen molar-refractivity contribution in [2.45, 2.75) is 38.1 Å². The number of anilines is 1. The third kappa shape index (κ3) is 4.40. The molecule has 0 radical (unpaired) electrons. The minimum Gasteiger partial charge on any atom is -0.399 e. The highest BCUT2D eigenvalue weighted by Gasteiger charge is 2.24. The van der Waals surface area contributed by atoms with E-state index in [1.807, 2.05) is 37.3 Å². The molecular formula is C18H23Cl2N3O. The second-order valence-corrected chi connectivity index (χ2v) is 5.92. The lowest BCUT2D eigenvalue weighted by Crippen LogP contribution is -2.33. The number of halogens is 2. The third-order valence-electron chi connectivity index (χ3n) is 4.38. The van der Waals surface area contributed by atoms with Gasteiger partial charge in [0.1, 0.15) is 0 Å². The summed E-state index contributed by atoms with van der Waals surface area (Å²) in [6, 6.07) is 9.86. The number of nitrogens with two attached hydrogens (primary N) is 1. The Morgan fingerprint density at radius 1 is 1.33 bits per heavy atom. The first kappa shape index (κ1) is 20.3. The Balaban J connectivity index is 0.00000144. The van der Waals surface area contributed by atoms with E-state index in [0.717, 1.165) is 30.5 Å². The number of nitrogens with zero attached hydrogens (tertiary/aromatic N) is 1. The van der Waals surface area contributed by atoms with Crippen molar-refractivity contribution in [1.82, 2.24) is 10.3 Å².